The number of aromatic amines is 1. The van der Waals surface area contributed by atoms with Crippen molar-refractivity contribution in [3.8, 4) is 11.4 Å². The molecule has 0 radical (unpaired) electrons. The van der Waals surface area contributed by atoms with Crippen LogP contribution in [0, 0.1) is 6.92 Å². The second-order valence-corrected chi connectivity index (χ2v) is 11.1. The van der Waals surface area contributed by atoms with Gasteiger partial charge in [0.1, 0.15) is 11.6 Å². The molecule has 0 amide bonds. The van der Waals surface area contributed by atoms with Crippen molar-refractivity contribution in [3.05, 3.63) is 53.5 Å². The van der Waals surface area contributed by atoms with Crippen LogP contribution in [-0.2, 0) is 10.8 Å². The number of aromatic nitrogens is 4. The Morgan fingerprint density at radius 1 is 0.941 bits per heavy atom. The third-order valence-electron chi connectivity index (χ3n) is 7.00. The fraction of sp³-hybridized carbons (Fsp3) is 0.556. The van der Waals surface area contributed by atoms with E-state index in [2.05, 4.69) is 85.8 Å². The summed E-state index contributed by atoms with van der Waals surface area (Å²) in [7, 11) is 1.69. The molecule has 4 rings (SSSR count). The first-order valence-corrected chi connectivity index (χ1v) is 12.3. The van der Waals surface area contributed by atoms with Crippen LogP contribution in [0.25, 0.3) is 5.69 Å². The van der Waals surface area contributed by atoms with Crippen molar-refractivity contribution in [2.45, 2.75) is 58.8 Å². The highest BCUT2D eigenvalue weighted by Crippen LogP contribution is 2.29. The van der Waals surface area contributed by atoms with Crippen molar-refractivity contribution in [2.75, 3.05) is 44.7 Å². The van der Waals surface area contributed by atoms with Gasteiger partial charge in [0.25, 0.3) is 0 Å². The predicted molar refractivity (Wildman–Crippen MR) is 138 cm³/mol. The molecular weight excluding hydrogens is 424 g/mol. The van der Waals surface area contributed by atoms with E-state index in [1.165, 1.54) is 0 Å². The number of aryl methyl sites for hydroxylation is 1. The summed E-state index contributed by atoms with van der Waals surface area (Å²) in [5, 5.41) is 12.8. The number of methoxy groups -OCH3 is 1. The molecule has 1 saturated heterocycles. The van der Waals surface area contributed by atoms with Crippen LogP contribution in [0.3, 0.4) is 0 Å². The van der Waals surface area contributed by atoms with Crippen LogP contribution in [0.2, 0.25) is 0 Å². The van der Waals surface area contributed by atoms with Gasteiger partial charge in [0, 0.05) is 48.8 Å². The molecular formula is C27H40N6O. The summed E-state index contributed by atoms with van der Waals surface area (Å²) in [5.41, 5.74) is 4.55. The van der Waals surface area contributed by atoms with E-state index >= 15 is 0 Å². The average Bonchev–Trinajstić information content (AvgIpc) is 3.46. The highest BCUT2D eigenvalue weighted by Gasteiger charge is 2.27. The first-order valence-electron chi connectivity index (χ1n) is 12.3. The lowest BCUT2D eigenvalue weighted by atomic mass is 9.85. The molecule has 2 aromatic heterocycles. The van der Waals surface area contributed by atoms with Crippen molar-refractivity contribution in [1.82, 2.24) is 24.9 Å². The molecule has 0 atom stereocenters. The van der Waals surface area contributed by atoms with Gasteiger partial charge in [0.05, 0.1) is 24.2 Å². The van der Waals surface area contributed by atoms with Gasteiger partial charge < -0.3 is 9.64 Å². The van der Waals surface area contributed by atoms with Gasteiger partial charge in [0.15, 0.2) is 0 Å². The standard InChI is InChI=1S/C27H40N6O/c1-20-18-24(30-33(20)21-8-10-22(34-7)11-9-21)27(5,6)12-13-31-14-16-32(17-15-31)25-19-23(28-29-25)26(2,3)4/h8-11,18-19H,12-17H2,1-7H3,(H,28,29). The van der Waals surface area contributed by atoms with E-state index in [4.69, 9.17) is 9.84 Å². The minimum atomic E-state index is 0.00456. The summed E-state index contributed by atoms with van der Waals surface area (Å²) >= 11 is 0. The number of piperazine rings is 1. The lowest BCUT2D eigenvalue weighted by molar-refractivity contribution is 0.233. The van der Waals surface area contributed by atoms with Gasteiger partial charge in [-0.05, 0) is 50.2 Å². The molecule has 3 heterocycles. The SMILES string of the molecule is COc1ccc(-n2nc(C(C)(C)CCN3CCN(c4cc(C(C)(C)C)n[nH]4)CC3)cc2C)cc1. The number of H-pyrrole nitrogens is 1. The summed E-state index contributed by atoms with van der Waals surface area (Å²) in [6, 6.07) is 12.5. The molecule has 34 heavy (non-hydrogen) atoms. The molecule has 7 heteroatoms. The highest BCUT2D eigenvalue weighted by atomic mass is 16.5. The third kappa shape index (κ3) is 5.30. The minimum absolute atomic E-state index is 0.00456. The van der Waals surface area contributed by atoms with E-state index < -0.39 is 0 Å². The number of nitrogens with one attached hydrogen (secondary N) is 1. The van der Waals surface area contributed by atoms with Gasteiger partial charge in [-0.1, -0.05) is 34.6 Å². The van der Waals surface area contributed by atoms with Crippen LogP contribution in [0.1, 0.15) is 58.1 Å². The van der Waals surface area contributed by atoms with E-state index in [0.717, 1.165) is 73.5 Å². The van der Waals surface area contributed by atoms with Crippen LogP contribution in [0.5, 0.6) is 5.75 Å². The van der Waals surface area contributed by atoms with E-state index in [0.29, 0.717) is 0 Å². The van der Waals surface area contributed by atoms with Crippen LogP contribution in [-0.4, -0.2) is 64.7 Å². The summed E-state index contributed by atoms with van der Waals surface area (Å²) in [4.78, 5) is 5.00. The molecule has 0 unspecified atom stereocenters. The van der Waals surface area contributed by atoms with Crippen LogP contribution in [0.15, 0.2) is 36.4 Å². The van der Waals surface area contributed by atoms with Crippen molar-refractivity contribution >= 4 is 5.82 Å². The average molecular weight is 465 g/mol. The number of hydrogen-bond donors (Lipinski definition) is 1. The molecule has 0 spiro atoms. The summed E-state index contributed by atoms with van der Waals surface area (Å²) in [6.45, 7) is 18.6. The molecule has 3 aromatic rings. The number of anilines is 1. The largest absolute Gasteiger partial charge is 0.497 e. The maximum absolute atomic E-state index is 5.29. The zero-order valence-corrected chi connectivity index (χ0v) is 21.9. The van der Waals surface area contributed by atoms with Crippen LogP contribution < -0.4 is 9.64 Å². The monoisotopic (exact) mass is 464 g/mol. The molecule has 1 aromatic carbocycles. The highest BCUT2D eigenvalue weighted by molar-refractivity contribution is 5.41. The Morgan fingerprint density at radius 2 is 1.62 bits per heavy atom. The second kappa shape index (κ2) is 9.45. The number of ether oxygens (including phenoxy) is 1. The van der Waals surface area contributed by atoms with E-state index in [1.54, 1.807) is 7.11 Å². The fourth-order valence-corrected chi connectivity index (χ4v) is 4.43. The number of nitrogens with zero attached hydrogens (tertiary/aromatic N) is 5. The number of hydrogen-bond acceptors (Lipinski definition) is 5. The fourth-order valence-electron chi connectivity index (χ4n) is 4.43. The molecule has 0 aliphatic carbocycles. The molecule has 1 aliphatic rings. The van der Waals surface area contributed by atoms with Crippen molar-refractivity contribution in [2.24, 2.45) is 0 Å². The maximum Gasteiger partial charge on any atom is 0.124 e. The second-order valence-electron chi connectivity index (χ2n) is 11.1. The Morgan fingerprint density at radius 3 is 2.21 bits per heavy atom. The predicted octanol–water partition coefficient (Wildman–Crippen LogP) is 4.70. The van der Waals surface area contributed by atoms with Gasteiger partial charge >= 0.3 is 0 Å². The smallest absolute Gasteiger partial charge is 0.124 e. The van der Waals surface area contributed by atoms with Crippen molar-refractivity contribution < 1.29 is 4.74 Å². The van der Waals surface area contributed by atoms with E-state index in [-0.39, 0.29) is 10.8 Å². The Balaban J connectivity index is 1.33. The van der Waals surface area contributed by atoms with Gasteiger partial charge in [-0.15, -0.1) is 0 Å². The molecule has 0 saturated carbocycles. The molecule has 7 nitrogen and oxygen atoms in total. The van der Waals surface area contributed by atoms with Crippen molar-refractivity contribution in [3.63, 3.8) is 0 Å². The van der Waals surface area contributed by atoms with Crippen LogP contribution >= 0.6 is 0 Å². The number of benzene rings is 1. The zero-order chi connectivity index (χ0) is 24.5. The topological polar surface area (TPSA) is 62.2 Å². The summed E-state index contributed by atoms with van der Waals surface area (Å²) < 4.78 is 7.32. The third-order valence-corrected chi connectivity index (χ3v) is 7.00. The first-order chi connectivity index (χ1) is 16.1. The summed E-state index contributed by atoms with van der Waals surface area (Å²) in [5.74, 6) is 2.00. The van der Waals surface area contributed by atoms with E-state index in [1.807, 2.05) is 16.8 Å². The molecule has 0 bridgehead atoms. The maximum atomic E-state index is 5.29. The normalized spacial score (nSPS) is 15.7. The van der Waals surface area contributed by atoms with Gasteiger partial charge in [-0.25, -0.2) is 4.68 Å². The van der Waals surface area contributed by atoms with Crippen LogP contribution in [0.4, 0.5) is 5.82 Å². The quantitative estimate of drug-likeness (QED) is 0.549. The van der Waals surface area contributed by atoms with E-state index in [9.17, 15) is 0 Å². The minimum Gasteiger partial charge on any atom is -0.497 e. The Hall–Kier alpha value is -2.80. The molecule has 1 aliphatic heterocycles. The lowest BCUT2D eigenvalue weighted by Gasteiger charge is -2.36. The Labute approximate surface area is 204 Å². The van der Waals surface area contributed by atoms with Gasteiger partial charge in [-0.2, -0.15) is 10.2 Å². The lowest BCUT2D eigenvalue weighted by Crippen LogP contribution is -2.47. The molecule has 1 fully saturated rings. The summed E-state index contributed by atoms with van der Waals surface area (Å²) in [6.07, 6.45) is 1.07. The molecule has 184 valence electrons. The van der Waals surface area contributed by atoms with Gasteiger partial charge in [-0.3, -0.25) is 10.00 Å². The zero-order valence-electron chi connectivity index (χ0n) is 21.9. The van der Waals surface area contributed by atoms with Gasteiger partial charge in [0.2, 0.25) is 0 Å². The Kier molecular flexibility index (Phi) is 6.76. The Bertz CT molecular complexity index is 1080. The van der Waals surface area contributed by atoms with Crippen molar-refractivity contribution in [1.29, 1.82) is 0 Å². The first kappa shape index (κ1) is 24.3. The molecule has 1 N–H and O–H groups in total. The number of rotatable bonds is 7.